The topological polar surface area (TPSA) is 71.3 Å². The van der Waals surface area contributed by atoms with Crippen molar-refractivity contribution in [1.29, 1.82) is 0 Å². The number of pyridine rings is 1. The molecule has 0 aliphatic rings. The molecule has 0 bridgehead atoms. The molecule has 4 aromatic rings. The van der Waals surface area contributed by atoms with Gasteiger partial charge in [0.1, 0.15) is 21.3 Å². The minimum atomic E-state index is -1.22. The SMILES string of the molecule is O=C(O)c1sc2c(ccc(=O)n2-c2ccccc2)c1Nc1ccc(F)cc1F. The number of carbonyl (C=O) groups is 1. The second kappa shape index (κ2) is 6.90. The zero-order chi connectivity index (χ0) is 19.8. The van der Waals surface area contributed by atoms with Crippen molar-refractivity contribution in [3.8, 4) is 5.69 Å². The summed E-state index contributed by atoms with van der Waals surface area (Å²) in [5, 5.41) is 12.8. The summed E-state index contributed by atoms with van der Waals surface area (Å²) in [4.78, 5) is 24.6. The van der Waals surface area contributed by atoms with Gasteiger partial charge < -0.3 is 10.4 Å². The molecule has 28 heavy (non-hydrogen) atoms. The Hall–Kier alpha value is -3.52. The Balaban J connectivity index is 1.97. The lowest BCUT2D eigenvalue weighted by Crippen LogP contribution is -2.16. The number of nitrogens with one attached hydrogen (secondary N) is 1. The van der Waals surface area contributed by atoms with Crippen molar-refractivity contribution < 1.29 is 18.7 Å². The van der Waals surface area contributed by atoms with Gasteiger partial charge in [-0.05, 0) is 30.3 Å². The molecule has 8 heteroatoms. The quantitative estimate of drug-likeness (QED) is 0.519. The fourth-order valence-corrected chi connectivity index (χ4v) is 4.01. The number of benzene rings is 2. The van der Waals surface area contributed by atoms with Crippen LogP contribution in [0.25, 0.3) is 15.9 Å². The number of aromatic carboxylic acids is 1. The van der Waals surface area contributed by atoms with Crippen LogP contribution in [0.1, 0.15) is 9.67 Å². The molecule has 0 spiro atoms. The first-order chi connectivity index (χ1) is 13.5. The number of hydrogen-bond donors (Lipinski definition) is 2. The maximum Gasteiger partial charge on any atom is 0.348 e. The van der Waals surface area contributed by atoms with Crippen molar-refractivity contribution in [2.45, 2.75) is 0 Å². The number of rotatable bonds is 4. The van der Waals surface area contributed by atoms with E-state index in [2.05, 4.69) is 5.32 Å². The van der Waals surface area contributed by atoms with E-state index >= 15 is 0 Å². The van der Waals surface area contributed by atoms with Crippen LogP contribution < -0.4 is 10.9 Å². The summed E-state index contributed by atoms with van der Waals surface area (Å²) in [6.07, 6.45) is 0. The Bertz CT molecular complexity index is 1270. The lowest BCUT2D eigenvalue weighted by atomic mass is 10.2. The van der Waals surface area contributed by atoms with Crippen LogP contribution in [0.5, 0.6) is 0 Å². The van der Waals surface area contributed by atoms with E-state index in [1.165, 1.54) is 22.8 Å². The fraction of sp³-hybridized carbons (Fsp3) is 0. The van der Waals surface area contributed by atoms with Crippen molar-refractivity contribution in [1.82, 2.24) is 4.57 Å². The van der Waals surface area contributed by atoms with Gasteiger partial charge in [0.2, 0.25) is 0 Å². The van der Waals surface area contributed by atoms with Gasteiger partial charge in [-0.1, -0.05) is 18.2 Å². The monoisotopic (exact) mass is 398 g/mol. The average molecular weight is 398 g/mol. The van der Waals surface area contributed by atoms with Crippen LogP contribution in [0.3, 0.4) is 0 Å². The van der Waals surface area contributed by atoms with Crippen LogP contribution in [0.15, 0.2) is 65.5 Å². The molecule has 0 saturated heterocycles. The molecule has 2 aromatic heterocycles. The molecule has 2 heterocycles. The van der Waals surface area contributed by atoms with Gasteiger partial charge >= 0.3 is 5.97 Å². The molecule has 4 rings (SSSR count). The Morgan fingerprint density at radius 1 is 1.04 bits per heavy atom. The summed E-state index contributed by atoms with van der Waals surface area (Å²) >= 11 is 0.900. The maximum absolute atomic E-state index is 14.1. The number of fused-ring (bicyclic) bond motifs is 1. The third-order valence-corrected chi connectivity index (χ3v) is 5.32. The van der Waals surface area contributed by atoms with Crippen molar-refractivity contribution in [2.75, 3.05) is 5.32 Å². The summed E-state index contributed by atoms with van der Waals surface area (Å²) in [5.74, 6) is -2.82. The summed E-state index contributed by atoms with van der Waals surface area (Å²) in [5.41, 5.74) is 0.330. The Kier molecular flexibility index (Phi) is 4.40. The van der Waals surface area contributed by atoms with E-state index < -0.39 is 17.6 Å². The zero-order valence-corrected chi connectivity index (χ0v) is 15.0. The molecule has 140 valence electrons. The second-order valence-electron chi connectivity index (χ2n) is 5.92. The normalized spacial score (nSPS) is 10.9. The largest absolute Gasteiger partial charge is 0.477 e. The first-order valence-corrected chi connectivity index (χ1v) is 8.96. The number of hydrogen-bond acceptors (Lipinski definition) is 4. The van der Waals surface area contributed by atoms with Crippen LogP contribution in [0.2, 0.25) is 0 Å². The van der Waals surface area contributed by atoms with E-state index in [1.54, 1.807) is 30.3 Å². The highest BCUT2D eigenvalue weighted by molar-refractivity contribution is 7.21. The van der Waals surface area contributed by atoms with E-state index in [-0.39, 0.29) is 21.8 Å². The first-order valence-electron chi connectivity index (χ1n) is 8.15. The lowest BCUT2D eigenvalue weighted by Gasteiger charge is -2.09. The molecule has 2 aromatic carbocycles. The van der Waals surface area contributed by atoms with E-state index in [4.69, 9.17) is 0 Å². The summed E-state index contributed by atoms with van der Waals surface area (Å²) in [6, 6.07) is 14.6. The van der Waals surface area contributed by atoms with Crippen LogP contribution in [0, 0.1) is 11.6 Å². The van der Waals surface area contributed by atoms with Crippen molar-refractivity contribution in [2.24, 2.45) is 0 Å². The van der Waals surface area contributed by atoms with E-state index in [0.717, 1.165) is 17.4 Å². The van der Waals surface area contributed by atoms with Crippen molar-refractivity contribution in [3.05, 3.63) is 87.5 Å². The van der Waals surface area contributed by atoms with Gasteiger partial charge in [0.15, 0.2) is 0 Å². The number of thiophene rings is 1. The number of halogens is 2. The number of carboxylic acids is 1. The standard InChI is InChI=1S/C20H12F2N2O3S/c21-11-6-8-15(14(22)10-11)23-17-13-7-9-16(25)24(12-4-2-1-3-5-12)19(13)28-18(17)20(26)27/h1-10,23H,(H,26,27). The number of carboxylic acid groups (broad SMARTS) is 1. The smallest absolute Gasteiger partial charge is 0.348 e. The highest BCUT2D eigenvalue weighted by Crippen LogP contribution is 2.38. The molecule has 0 amide bonds. The molecule has 0 unspecified atom stereocenters. The van der Waals surface area contributed by atoms with Gasteiger partial charge in [0.25, 0.3) is 5.56 Å². The molecule has 0 atom stereocenters. The molecule has 0 aliphatic heterocycles. The average Bonchev–Trinajstić information content (AvgIpc) is 3.03. The fourth-order valence-electron chi connectivity index (χ4n) is 2.90. The summed E-state index contributed by atoms with van der Waals surface area (Å²) < 4.78 is 28.7. The molecule has 0 fully saturated rings. The highest BCUT2D eigenvalue weighted by atomic mass is 32.1. The van der Waals surface area contributed by atoms with Crippen LogP contribution >= 0.6 is 11.3 Å². The van der Waals surface area contributed by atoms with E-state index in [9.17, 15) is 23.5 Å². The molecule has 0 radical (unpaired) electrons. The molecule has 2 N–H and O–H groups in total. The number of aromatic nitrogens is 1. The minimum Gasteiger partial charge on any atom is -0.477 e. The Labute approximate surface area is 161 Å². The third-order valence-electron chi connectivity index (χ3n) is 4.14. The number of anilines is 2. The van der Waals surface area contributed by atoms with E-state index in [1.807, 2.05) is 0 Å². The molecule has 5 nitrogen and oxygen atoms in total. The Morgan fingerprint density at radius 3 is 2.46 bits per heavy atom. The molecular weight excluding hydrogens is 386 g/mol. The van der Waals surface area contributed by atoms with Gasteiger partial charge in [-0.3, -0.25) is 9.36 Å². The van der Waals surface area contributed by atoms with Gasteiger partial charge in [-0.2, -0.15) is 0 Å². The predicted octanol–water partition coefficient (Wildman–Crippen LogP) is 4.77. The Morgan fingerprint density at radius 2 is 1.79 bits per heavy atom. The van der Waals surface area contributed by atoms with Crippen molar-refractivity contribution >= 4 is 38.9 Å². The van der Waals surface area contributed by atoms with Gasteiger partial charge in [-0.15, -0.1) is 11.3 Å². The first kappa shape index (κ1) is 17.9. The third kappa shape index (κ3) is 3.03. The molecular formula is C20H12F2N2O3S. The zero-order valence-electron chi connectivity index (χ0n) is 14.1. The van der Waals surface area contributed by atoms with Gasteiger partial charge in [0.05, 0.1) is 17.1 Å². The number of nitrogens with zero attached hydrogens (tertiary/aromatic N) is 1. The number of para-hydroxylation sites is 1. The van der Waals surface area contributed by atoms with Crippen LogP contribution in [-0.2, 0) is 0 Å². The van der Waals surface area contributed by atoms with E-state index in [0.29, 0.717) is 22.0 Å². The van der Waals surface area contributed by atoms with Gasteiger partial charge in [0, 0.05) is 17.5 Å². The summed E-state index contributed by atoms with van der Waals surface area (Å²) in [6.45, 7) is 0. The maximum atomic E-state index is 14.1. The minimum absolute atomic E-state index is 0.0685. The lowest BCUT2D eigenvalue weighted by molar-refractivity contribution is 0.0703. The van der Waals surface area contributed by atoms with Crippen molar-refractivity contribution in [3.63, 3.8) is 0 Å². The second-order valence-corrected chi connectivity index (χ2v) is 6.92. The van der Waals surface area contributed by atoms with Crippen LogP contribution in [-0.4, -0.2) is 15.6 Å². The summed E-state index contributed by atoms with van der Waals surface area (Å²) in [7, 11) is 0. The predicted molar refractivity (Wildman–Crippen MR) is 104 cm³/mol. The molecule has 0 saturated carbocycles. The molecule has 0 aliphatic carbocycles. The van der Waals surface area contributed by atoms with Gasteiger partial charge in [-0.25, -0.2) is 13.6 Å². The van der Waals surface area contributed by atoms with Crippen LogP contribution in [0.4, 0.5) is 20.2 Å². The highest BCUT2D eigenvalue weighted by Gasteiger charge is 2.22.